The van der Waals surface area contributed by atoms with Gasteiger partial charge in [-0.05, 0) is 51.1 Å². The van der Waals surface area contributed by atoms with E-state index < -0.39 is 0 Å². The largest absolute Gasteiger partial charge is 0.318 e. The van der Waals surface area contributed by atoms with Crippen molar-refractivity contribution in [3.63, 3.8) is 0 Å². The second-order valence-corrected chi connectivity index (χ2v) is 10.1. The number of fused-ring (bicyclic) bond motifs is 2. The van der Waals surface area contributed by atoms with Crippen LogP contribution in [-0.2, 0) is 0 Å². The molecule has 4 heterocycles. The third kappa shape index (κ3) is 3.60. The second-order valence-electron chi connectivity index (χ2n) is 8.86. The fraction of sp³-hybridized carbons (Fsp3) is 0.148. The van der Waals surface area contributed by atoms with Crippen LogP contribution in [0.4, 0.5) is 5.82 Å². The van der Waals surface area contributed by atoms with E-state index in [1.54, 1.807) is 10.8 Å². The summed E-state index contributed by atoms with van der Waals surface area (Å²) in [4.78, 5) is 6.94. The molecule has 0 saturated heterocycles. The van der Waals surface area contributed by atoms with E-state index in [1.807, 2.05) is 72.1 Å². The first kappa shape index (κ1) is 23.1. The van der Waals surface area contributed by atoms with Crippen molar-refractivity contribution in [1.82, 2.24) is 24.5 Å². The SMILES string of the molecule is Cc1ccc(-n2nc(C)c3c2N=C2C(Cl)=CC(Cl)=CN2[C@H]3c2c(C)nn(-c3ccccc3)c2Cl)cc1. The molecule has 0 unspecified atom stereocenters. The van der Waals surface area contributed by atoms with Crippen molar-refractivity contribution in [2.75, 3.05) is 0 Å². The Bertz CT molecular complexity index is 1590. The van der Waals surface area contributed by atoms with E-state index in [0.717, 1.165) is 33.9 Å². The molecule has 0 spiro atoms. The van der Waals surface area contributed by atoms with Crippen LogP contribution in [-0.4, -0.2) is 30.3 Å². The van der Waals surface area contributed by atoms with Crippen LogP contribution >= 0.6 is 34.8 Å². The van der Waals surface area contributed by atoms with Crippen LogP contribution in [0.5, 0.6) is 0 Å². The molecule has 2 aliphatic heterocycles. The Balaban J connectivity index is 1.62. The van der Waals surface area contributed by atoms with Crippen LogP contribution in [0.25, 0.3) is 11.4 Å². The van der Waals surface area contributed by atoms with Crippen LogP contribution in [0.2, 0.25) is 5.15 Å². The Hall–Kier alpha value is -3.32. The molecule has 2 aromatic heterocycles. The minimum atomic E-state index is -0.382. The molecule has 0 N–H and O–H groups in total. The highest BCUT2D eigenvalue weighted by molar-refractivity contribution is 6.45. The molecule has 180 valence electrons. The third-order valence-corrected chi connectivity index (χ3v) is 7.28. The minimum Gasteiger partial charge on any atom is -0.318 e. The van der Waals surface area contributed by atoms with Gasteiger partial charge in [0.15, 0.2) is 11.7 Å². The quantitative estimate of drug-likeness (QED) is 0.277. The zero-order valence-electron chi connectivity index (χ0n) is 19.7. The average molecular weight is 536 g/mol. The molecule has 2 aliphatic rings. The number of aromatic nitrogens is 4. The van der Waals surface area contributed by atoms with Gasteiger partial charge in [0.1, 0.15) is 5.15 Å². The molecule has 0 saturated carbocycles. The summed E-state index contributed by atoms with van der Waals surface area (Å²) in [5.74, 6) is 1.28. The maximum atomic E-state index is 7.07. The highest BCUT2D eigenvalue weighted by Gasteiger charge is 2.40. The Morgan fingerprint density at radius 2 is 1.39 bits per heavy atom. The first-order valence-electron chi connectivity index (χ1n) is 11.4. The highest BCUT2D eigenvalue weighted by Crippen LogP contribution is 2.48. The molecule has 0 fully saturated rings. The van der Waals surface area contributed by atoms with Crippen LogP contribution in [0.15, 0.2) is 81.9 Å². The number of aryl methyl sites for hydroxylation is 3. The van der Waals surface area contributed by atoms with Crippen molar-refractivity contribution in [1.29, 1.82) is 0 Å². The summed E-state index contributed by atoms with van der Waals surface area (Å²) < 4.78 is 3.61. The average Bonchev–Trinajstić information content (AvgIpc) is 3.35. The molecule has 0 radical (unpaired) electrons. The summed E-state index contributed by atoms with van der Waals surface area (Å²) in [5, 5.41) is 11.1. The van der Waals surface area contributed by atoms with E-state index in [2.05, 4.69) is 19.1 Å². The Labute approximate surface area is 223 Å². The maximum Gasteiger partial charge on any atom is 0.164 e. The number of benzene rings is 2. The Kier molecular flexibility index (Phi) is 5.56. The van der Waals surface area contributed by atoms with Crippen molar-refractivity contribution in [3.05, 3.63) is 110 Å². The monoisotopic (exact) mass is 534 g/mol. The predicted octanol–water partition coefficient (Wildman–Crippen LogP) is 7.29. The number of amidine groups is 1. The summed E-state index contributed by atoms with van der Waals surface area (Å²) in [6.07, 6.45) is 3.53. The number of rotatable bonds is 3. The number of hydrogen-bond donors (Lipinski definition) is 0. The van der Waals surface area contributed by atoms with Gasteiger partial charge in [0.25, 0.3) is 0 Å². The van der Waals surface area contributed by atoms with Crippen LogP contribution < -0.4 is 0 Å². The maximum absolute atomic E-state index is 7.07. The van der Waals surface area contributed by atoms with Crippen LogP contribution in [0.1, 0.15) is 34.1 Å². The summed E-state index contributed by atoms with van der Waals surface area (Å²) in [5.41, 5.74) is 6.33. The van der Waals surface area contributed by atoms with Gasteiger partial charge in [-0.25, -0.2) is 14.4 Å². The fourth-order valence-electron chi connectivity index (χ4n) is 4.75. The van der Waals surface area contributed by atoms with Gasteiger partial charge < -0.3 is 4.90 Å². The van der Waals surface area contributed by atoms with Crippen molar-refractivity contribution < 1.29 is 0 Å². The third-order valence-electron chi connectivity index (χ3n) is 6.43. The molecule has 0 bridgehead atoms. The molecule has 4 aromatic rings. The van der Waals surface area contributed by atoms with Gasteiger partial charge in [0, 0.05) is 17.3 Å². The lowest BCUT2D eigenvalue weighted by molar-refractivity contribution is 0.458. The molecule has 36 heavy (non-hydrogen) atoms. The van der Waals surface area contributed by atoms with Gasteiger partial charge in [-0.3, -0.25) is 0 Å². The summed E-state index contributed by atoms with van der Waals surface area (Å²) in [6.45, 7) is 5.99. The van der Waals surface area contributed by atoms with Crippen molar-refractivity contribution in [2.24, 2.45) is 4.99 Å². The minimum absolute atomic E-state index is 0.382. The van der Waals surface area contributed by atoms with Gasteiger partial charge in [0.2, 0.25) is 0 Å². The van der Waals surface area contributed by atoms with Gasteiger partial charge in [0.05, 0.1) is 38.9 Å². The number of allylic oxidation sites excluding steroid dienone is 2. The first-order valence-corrected chi connectivity index (χ1v) is 12.6. The van der Waals surface area contributed by atoms with Gasteiger partial charge in [-0.1, -0.05) is 70.7 Å². The Morgan fingerprint density at radius 3 is 2.11 bits per heavy atom. The molecule has 6 nitrogen and oxygen atoms in total. The zero-order valence-corrected chi connectivity index (χ0v) is 22.0. The zero-order chi connectivity index (χ0) is 25.1. The Morgan fingerprint density at radius 1 is 0.750 bits per heavy atom. The number of nitrogens with zero attached hydrogens (tertiary/aromatic N) is 6. The summed E-state index contributed by atoms with van der Waals surface area (Å²) >= 11 is 20.2. The van der Waals surface area contributed by atoms with Crippen molar-refractivity contribution in [3.8, 4) is 11.4 Å². The van der Waals surface area contributed by atoms with Crippen molar-refractivity contribution in [2.45, 2.75) is 26.8 Å². The number of hydrogen-bond acceptors (Lipinski definition) is 4. The second kappa shape index (κ2) is 8.66. The molecule has 9 heteroatoms. The van der Waals surface area contributed by atoms with Crippen LogP contribution in [0.3, 0.4) is 0 Å². The van der Waals surface area contributed by atoms with E-state index in [9.17, 15) is 0 Å². The lowest BCUT2D eigenvalue weighted by atomic mass is 9.95. The van der Waals surface area contributed by atoms with Crippen molar-refractivity contribution >= 4 is 46.5 Å². The molecular formula is C27H21Cl3N6. The number of halogens is 3. The normalized spacial score (nSPS) is 16.8. The lowest BCUT2D eigenvalue weighted by Gasteiger charge is -2.36. The number of aliphatic imine (C=N–C) groups is 1. The van der Waals surface area contributed by atoms with E-state index in [-0.39, 0.29) is 6.04 Å². The van der Waals surface area contributed by atoms with E-state index in [4.69, 9.17) is 50.0 Å². The fourth-order valence-corrected chi connectivity index (χ4v) is 5.66. The predicted molar refractivity (Wildman–Crippen MR) is 145 cm³/mol. The highest BCUT2D eigenvalue weighted by atomic mass is 35.5. The molecule has 0 aliphatic carbocycles. The summed E-state index contributed by atoms with van der Waals surface area (Å²) in [7, 11) is 0. The van der Waals surface area contributed by atoms with Gasteiger partial charge in [-0.2, -0.15) is 10.2 Å². The van der Waals surface area contributed by atoms with Gasteiger partial charge >= 0.3 is 0 Å². The smallest absolute Gasteiger partial charge is 0.164 e. The number of para-hydroxylation sites is 1. The van der Waals surface area contributed by atoms with E-state index >= 15 is 0 Å². The molecule has 2 aromatic carbocycles. The molecule has 0 amide bonds. The van der Waals surface area contributed by atoms with E-state index in [0.29, 0.717) is 26.9 Å². The summed E-state index contributed by atoms with van der Waals surface area (Å²) in [6, 6.07) is 17.6. The lowest BCUT2D eigenvalue weighted by Crippen LogP contribution is -2.36. The first-order chi connectivity index (χ1) is 17.3. The van der Waals surface area contributed by atoms with Crippen LogP contribution in [0, 0.1) is 20.8 Å². The van der Waals surface area contributed by atoms with E-state index in [1.165, 1.54) is 5.56 Å². The standard InChI is InChI=1S/C27H21Cl3N6/c1-15-9-11-20(12-10-15)36-27-23(17(3)33-36)24(34-14-18(28)13-21(29)26(34)31-27)22-16(2)32-35(25(22)30)19-7-5-4-6-8-19/h4-14,24H,1-3H3/t24-/m0/s1. The van der Waals surface area contributed by atoms with Gasteiger partial charge in [-0.15, -0.1) is 0 Å². The molecule has 1 atom stereocenters. The molecule has 6 rings (SSSR count). The topological polar surface area (TPSA) is 51.2 Å². The molecular weight excluding hydrogens is 515 g/mol.